The van der Waals surface area contributed by atoms with Crippen LogP contribution in [0.2, 0.25) is 0 Å². The van der Waals surface area contributed by atoms with E-state index in [9.17, 15) is 13.2 Å². The topological polar surface area (TPSA) is 24.5 Å². The molecule has 0 bridgehead atoms. The number of halogens is 3. The van der Waals surface area contributed by atoms with Gasteiger partial charge in [-0.2, -0.15) is 13.2 Å². The predicted molar refractivity (Wildman–Crippen MR) is 70.5 cm³/mol. The van der Waals surface area contributed by atoms with Gasteiger partial charge in [0.2, 0.25) is 0 Å². The van der Waals surface area contributed by atoms with Gasteiger partial charge < -0.3 is 15.0 Å². The Bertz CT molecular complexity index is 450. The lowest BCUT2D eigenvalue weighted by molar-refractivity contribution is -0.137. The number of hydrogen-bond donors (Lipinski definition) is 1. The number of benzene rings is 1. The van der Waals surface area contributed by atoms with Crippen molar-refractivity contribution in [1.29, 1.82) is 0 Å². The van der Waals surface area contributed by atoms with Crippen molar-refractivity contribution in [2.24, 2.45) is 0 Å². The maximum absolute atomic E-state index is 12.8. The molecule has 6 heteroatoms. The third-order valence-electron chi connectivity index (χ3n) is 3.55. The highest BCUT2D eigenvalue weighted by molar-refractivity contribution is 5.28. The molecule has 1 aliphatic heterocycles. The standard InChI is InChI=1S/C14H19F3N2O/c1-18-13(12-9-19(2)6-7-20-12)10-4-3-5-11(8-10)14(15,16)17/h3-5,8,12-13,18H,6-7,9H2,1-2H3. The third kappa shape index (κ3) is 3.50. The summed E-state index contributed by atoms with van der Waals surface area (Å²) in [6, 6.07) is 5.17. The Morgan fingerprint density at radius 1 is 1.40 bits per heavy atom. The molecule has 2 atom stereocenters. The fraction of sp³-hybridized carbons (Fsp3) is 0.571. The number of nitrogens with zero attached hydrogens (tertiary/aromatic N) is 1. The molecular weight excluding hydrogens is 269 g/mol. The molecule has 2 unspecified atom stereocenters. The van der Waals surface area contributed by atoms with E-state index in [0.717, 1.165) is 12.6 Å². The Hall–Kier alpha value is -1.11. The van der Waals surface area contributed by atoms with Gasteiger partial charge in [-0.3, -0.25) is 0 Å². The summed E-state index contributed by atoms with van der Waals surface area (Å²) in [6.45, 7) is 2.13. The first kappa shape index (κ1) is 15.3. The van der Waals surface area contributed by atoms with Crippen LogP contribution in [-0.4, -0.2) is 44.8 Å². The van der Waals surface area contributed by atoms with Crippen molar-refractivity contribution in [2.75, 3.05) is 33.8 Å². The van der Waals surface area contributed by atoms with E-state index in [4.69, 9.17) is 4.74 Å². The number of hydrogen-bond acceptors (Lipinski definition) is 3. The molecule has 2 rings (SSSR count). The Labute approximate surface area is 116 Å². The van der Waals surface area contributed by atoms with Crippen LogP contribution in [-0.2, 0) is 10.9 Å². The highest BCUT2D eigenvalue weighted by atomic mass is 19.4. The van der Waals surface area contributed by atoms with E-state index in [2.05, 4.69) is 10.2 Å². The van der Waals surface area contributed by atoms with E-state index in [-0.39, 0.29) is 12.1 Å². The van der Waals surface area contributed by atoms with Gasteiger partial charge in [-0.25, -0.2) is 0 Å². The number of rotatable bonds is 3. The highest BCUT2D eigenvalue weighted by Crippen LogP contribution is 2.32. The van der Waals surface area contributed by atoms with Gasteiger partial charge >= 0.3 is 6.18 Å². The molecular formula is C14H19F3N2O. The minimum Gasteiger partial charge on any atom is -0.374 e. The first-order valence-electron chi connectivity index (χ1n) is 6.56. The van der Waals surface area contributed by atoms with Crippen LogP contribution in [0.3, 0.4) is 0 Å². The molecule has 1 fully saturated rings. The lowest BCUT2D eigenvalue weighted by atomic mass is 9.98. The highest BCUT2D eigenvalue weighted by Gasteiger charge is 2.32. The SMILES string of the molecule is CNC(c1cccc(C(F)(F)F)c1)C1CN(C)CCO1. The third-order valence-corrected chi connectivity index (χ3v) is 3.55. The molecule has 1 N–H and O–H groups in total. The summed E-state index contributed by atoms with van der Waals surface area (Å²) in [5.74, 6) is 0. The number of nitrogens with one attached hydrogen (secondary N) is 1. The van der Waals surface area contributed by atoms with Crippen molar-refractivity contribution in [3.63, 3.8) is 0 Å². The minimum atomic E-state index is -4.32. The molecule has 112 valence electrons. The fourth-order valence-electron chi connectivity index (χ4n) is 2.49. The number of morpholine rings is 1. The molecule has 0 spiro atoms. The van der Waals surface area contributed by atoms with Crippen LogP contribution in [0.1, 0.15) is 17.2 Å². The van der Waals surface area contributed by atoms with Crippen molar-refractivity contribution in [3.05, 3.63) is 35.4 Å². The molecule has 0 aromatic heterocycles. The first-order valence-corrected chi connectivity index (χ1v) is 6.56. The summed E-state index contributed by atoms with van der Waals surface area (Å²) in [6.07, 6.45) is -4.47. The molecule has 1 aromatic carbocycles. The van der Waals surface area contributed by atoms with Crippen molar-refractivity contribution in [1.82, 2.24) is 10.2 Å². The summed E-state index contributed by atoms with van der Waals surface area (Å²) < 4.78 is 44.0. The Morgan fingerprint density at radius 2 is 2.15 bits per heavy atom. The van der Waals surface area contributed by atoms with Gasteiger partial charge in [0.25, 0.3) is 0 Å². The average molecular weight is 288 g/mol. The summed E-state index contributed by atoms with van der Waals surface area (Å²) in [7, 11) is 3.72. The summed E-state index contributed by atoms with van der Waals surface area (Å²) >= 11 is 0. The summed E-state index contributed by atoms with van der Waals surface area (Å²) in [4.78, 5) is 2.12. The van der Waals surface area contributed by atoms with Crippen LogP contribution >= 0.6 is 0 Å². The second kappa shape index (κ2) is 6.11. The summed E-state index contributed by atoms with van der Waals surface area (Å²) in [5, 5.41) is 3.07. The lowest BCUT2D eigenvalue weighted by Gasteiger charge is -2.35. The van der Waals surface area contributed by atoms with Crippen LogP contribution in [0.15, 0.2) is 24.3 Å². The van der Waals surface area contributed by atoms with E-state index in [1.54, 1.807) is 13.1 Å². The Balaban J connectivity index is 2.23. The fourth-order valence-corrected chi connectivity index (χ4v) is 2.49. The van der Waals surface area contributed by atoms with Crippen LogP contribution in [0, 0.1) is 0 Å². The van der Waals surface area contributed by atoms with Gasteiger partial charge in [-0.1, -0.05) is 12.1 Å². The molecule has 1 aliphatic rings. The maximum Gasteiger partial charge on any atom is 0.416 e. The van der Waals surface area contributed by atoms with Gasteiger partial charge in [0, 0.05) is 13.1 Å². The van der Waals surface area contributed by atoms with Gasteiger partial charge in [-0.15, -0.1) is 0 Å². The average Bonchev–Trinajstić information content (AvgIpc) is 2.39. The van der Waals surface area contributed by atoms with Crippen LogP contribution in [0.25, 0.3) is 0 Å². The monoisotopic (exact) mass is 288 g/mol. The van der Waals surface area contributed by atoms with E-state index in [1.165, 1.54) is 12.1 Å². The molecule has 20 heavy (non-hydrogen) atoms. The van der Waals surface area contributed by atoms with E-state index >= 15 is 0 Å². The number of alkyl halides is 3. The zero-order valence-electron chi connectivity index (χ0n) is 11.6. The largest absolute Gasteiger partial charge is 0.416 e. The zero-order valence-corrected chi connectivity index (χ0v) is 11.6. The molecule has 0 amide bonds. The number of likely N-dealkylation sites (N-methyl/N-ethyl adjacent to an activating group) is 2. The van der Waals surface area contributed by atoms with E-state index in [1.807, 2.05) is 7.05 Å². The smallest absolute Gasteiger partial charge is 0.374 e. The predicted octanol–water partition coefficient (Wildman–Crippen LogP) is 2.30. The second-order valence-electron chi connectivity index (χ2n) is 5.06. The normalized spacial score (nSPS) is 22.8. The van der Waals surface area contributed by atoms with Crippen LogP contribution in [0.5, 0.6) is 0 Å². The minimum absolute atomic E-state index is 0.151. The zero-order chi connectivity index (χ0) is 14.8. The van der Waals surface area contributed by atoms with Gasteiger partial charge in [0.15, 0.2) is 0 Å². The second-order valence-corrected chi connectivity index (χ2v) is 5.06. The van der Waals surface area contributed by atoms with Gasteiger partial charge in [-0.05, 0) is 31.8 Å². The van der Waals surface area contributed by atoms with Crippen molar-refractivity contribution in [2.45, 2.75) is 18.3 Å². The lowest BCUT2D eigenvalue weighted by Crippen LogP contribution is -2.46. The Morgan fingerprint density at radius 3 is 2.75 bits per heavy atom. The number of ether oxygens (including phenoxy) is 1. The van der Waals surface area contributed by atoms with Crippen molar-refractivity contribution >= 4 is 0 Å². The molecule has 3 nitrogen and oxygen atoms in total. The van der Waals surface area contributed by atoms with Crippen molar-refractivity contribution < 1.29 is 17.9 Å². The van der Waals surface area contributed by atoms with E-state index < -0.39 is 11.7 Å². The first-order chi connectivity index (χ1) is 9.41. The van der Waals surface area contributed by atoms with Crippen LogP contribution in [0.4, 0.5) is 13.2 Å². The molecule has 0 aliphatic carbocycles. The van der Waals surface area contributed by atoms with Gasteiger partial charge in [0.05, 0.1) is 24.3 Å². The molecule has 1 saturated heterocycles. The van der Waals surface area contributed by atoms with Gasteiger partial charge in [0.1, 0.15) is 0 Å². The molecule has 1 aromatic rings. The van der Waals surface area contributed by atoms with E-state index in [0.29, 0.717) is 18.7 Å². The summed E-state index contributed by atoms with van der Waals surface area (Å²) in [5.41, 5.74) is -0.0259. The van der Waals surface area contributed by atoms with Crippen molar-refractivity contribution in [3.8, 4) is 0 Å². The Kier molecular flexibility index (Phi) is 4.67. The molecule has 0 saturated carbocycles. The molecule has 1 heterocycles. The van der Waals surface area contributed by atoms with Crippen LogP contribution < -0.4 is 5.32 Å². The maximum atomic E-state index is 12.8. The quantitative estimate of drug-likeness (QED) is 0.923. The molecule has 0 radical (unpaired) electrons.